The van der Waals surface area contributed by atoms with E-state index in [1.165, 1.54) is 16.8 Å². The molecule has 0 saturated carbocycles. The highest BCUT2D eigenvalue weighted by atomic mass is 16.2. The lowest BCUT2D eigenvalue weighted by atomic mass is 10.1. The molecule has 0 atom stereocenters. The number of carbonyl (C=O) groups excluding carboxylic acids is 1. The highest BCUT2D eigenvalue weighted by Crippen LogP contribution is 2.24. The van der Waals surface area contributed by atoms with Crippen molar-refractivity contribution in [3.8, 4) is 0 Å². The Morgan fingerprint density at radius 3 is 2.21 bits per heavy atom. The van der Waals surface area contributed by atoms with Crippen LogP contribution < -0.4 is 10.6 Å². The number of imidazole rings is 1. The number of hydrogen-bond acceptors (Lipinski definition) is 3. The van der Waals surface area contributed by atoms with Gasteiger partial charge in [0.2, 0.25) is 5.91 Å². The molecule has 0 radical (unpaired) electrons. The third kappa shape index (κ3) is 3.43. The van der Waals surface area contributed by atoms with Crippen LogP contribution >= 0.6 is 0 Å². The minimum atomic E-state index is -0.115. The maximum absolute atomic E-state index is 13.0. The van der Waals surface area contributed by atoms with Gasteiger partial charge in [0.1, 0.15) is 6.54 Å². The molecule has 3 aromatic rings. The fraction of sp³-hybridized carbons (Fsp3) is 0.391. The average Bonchev–Trinajstić information content (AvgIpc) is 3.01. The van der Waals surface area contributed by atoms with E-state index in [4.69, 9.17) is 0 Å². The number of hydrogen-bond donors (Lipinski definition) is 0. The van der Waals surface area contributed by atoms with Crippen LogP contribution in [0.5, 0.6) is 0 Å². The average molecular weight is 393 g/mol. The van der Waals surface area contributed by atoms with Gasteiger partial charge in [-0.15, -0.1) is 0 Å². The van der Waals surface area contributed by atoms with E-state index < -0.39 is 0 Å². The highest BCUT2D eigenvalue weighted by molar-refractivity contribution is 5.81. The summed E-state index contributed by atoms with van der Waals surface area (Å²) in [5.74, 6) is 0.00622. The summed E-state index contributed by atoms with van der Waals surface area (Å²) in [6.45, 7) is 9.88. The van der Waals surface area contributed by atoms with Crippen LogP contribution in [0.1, 0.15) is 18.1 Å². The summed E-state index contributed by atoms with van der Waals surface area (Å²) in [6, 6.07) is 14.0. The van der Waals surface area contributed by atoms with Crippen molar-refractivity contribution in [2.45, 2.75) is 33.9 Å². The number of aryl methyl sites for hydroxylation is 2. The minimum Gasteiger partial charge on any atom is -0.368 e. The number of rotatable bonds is 4. The molecule has 1 aliphatic rings. The zero-order valence-electron chi connectivity index (χ0n) is 17.4. The van der Waals surface area contributed by atoms with E-state index in [1.54, 1.807) is 9.13 Å². The first-order chi connectivity index (χ1) is 14.0. The van der Waals surface area contributed by atoms with E-state index in [0.717, 1.165) is 24.1 Å². The first-order valence-electron chi connectivity index (χ1n) is 10.3. The zero-order chi connectivity index (χ0) is 20.5. The van der Waals surface area contributed by atoms with Crippen molar-refractivity contribution in [1.29, 1.82) is 0 Å². The molecule has 2 aromatic carbocycles. The van der Waals surface area contributed by atoms with E-state index in [2.05, 4.69) is 36.9 Å². The minimum absolute atomic E-state index is 0.00622. The molecule has 1 aliphatic heterocycles. The summed E-state index contributed by atoms with van der Waals surface area (Å²) < 4.78 is 3.33. The first kappa shape index (κ1) is 19.3. The van der Waals surface area contributed by atoms with Crippen molar-refractivity contribution in [1.82, 2.24) is 14.0 Å². The van der Waals surface area contributed by atoms with Crippen LogP contribution in [-0.4, -0.2) is 46.1 Å². The van der Waals surface area contributed by atoms with Gasteiger partial charge in [-0.05, 0) is 50.1 Å². The molecule has 1 amide bonds. The Balaban J connectivity index is 1.49. The molecular formula is C23H28N4O2. The van der Waals surface area contributed by atoms with Crippen LogP contribution in [-0.2, 0) is 17.9 Å². The van der Waals surface area contributed by atoms with Crippen LogP contribution in [0.4, 0.5) is 5.69 Å². The van der Waals surface area contributed by atoms with Crippen LogP contribution in [0.25, 0.3) is 11.0 Å². The molecule has 1 saturated heterocycles. The van der Waals surface area contributed by atoms with Crippen molar-refractivity contribution in [3.63, 3.8) is 0 Å². The van der Waals surface area contributed by atoms with Crippen molar-refractivity contribution in [3.05, 3.63) is 64.1 Å². The number of piperazine rings is 1. The second kappa shape index (κ2) is 7.78. The maximum atomic E-state index is 13.0. The Hall–Kier alpha value is -3.02. The molecule has 0 aliphatic carbocycles. The number of aromatic nitrogens is 2. The number of para-hydroxylation sites is 2. The molecule has 2 heterocycles. The van der Waals surface area contributed by atoms with Crippen molar-refractivity contribution in [2.24, 2.45) is 0 Å². The second-order valence-corrected chi connectivity index (χ2v) is 7.69. The Bertz CT molecular complexity index is 1100. The van der Waals surface area contributed by atoms with Gasteiger partial charge in [0.05, 0.1) is 11.0 Å². The van der Waals surface area contributed by atoms with Gasteiger partial charge in [0, 0.05) is 38.4 Å². The summed E-state index contributed by atoms with van der Waals surface area (Å²) in [6.07, 6.45) is 0. The smallest absolute Gasteiger partial charge is 0.329 e. The van der Waals surface area contributed by atoms with Crippen LogP contribution in [0, 0.1) is 13.8 Å². The topological polar surface area (TPSA) is 50.5 Å². The van der Waals surface area contributed by atoms with Crippen molar-refractivity contribution >= 4 is 22.6 Å². The Morgan fingerprint density at radius 2 is 1.55 bits per heavy atom. The number of fused-ring (bicyclic) bond motifs is 1. The second-order valence-electron chi connectivity index (χ2n) is 7.69. The lowest BCUT2D eigenvalue weighted by molar-refractivity contribution is -0.132. The van der Waals surface area contributed by atoms with Gasteiger partial charge >= 0.3 is 5.69 Å². The molecule has 152 valence electrons. The molecule has 0 spiro atoms. The van der Waals surface area contributed by atoms with Gasteiger partial charge in [-0.25, -0.2) is 4.79 Å². The molecule has 1 aromatic heterocycles. The quantitative estimate of drug-likeness (QED) is 0.686. The summed E-state index contributed by atoms with van der Waals surface area (Å²) in [7, 11) is 0. The molecule has 0 N–H and O–H groups in total. The molecule has 0 unspecified atom stereocenters. The monoisotopic (exact) mass is 392 g/mol. The molecule has 0 bridgehead atoms. The SMILES string of the molecule is CCn1c(=O)n(CC(=O)N2CCN(c3cccc(C)c3C)CC2)c2ccccc21. The van der Waals surface area contributed by atoms with Gasteiger partial charge in [-0.1, -0.05) is 24.3 Å². The van der Waals surface area contributed by atoms with Crippen LogP contribution in [0.2, 0.25) is 0 Å². The van der Waals surface area contributed by atoms with E-state index in [0.29, 0.717) is 19.6 Å². The number of amides is 1. The zero-order valence-corrected chi connectivity index (χ0v) is 17.4. The van der Waals surface area contributed by atoms with Crippen molar-refractivity contribution in [2.75, 3.05) is 31.1 Å². The molecule has 29 heavy (non-hydrogen) atoms. The maximum Gasteiger partial charge on any atom is 0.329 e. The fourth-order valence-corrected chi connectivity index (χ4v) is 4.24. The number of nitrogens with zero attached hydrogens (tertiary/aromatic N) is 4. The lowest BCUT2D eigenvalue weighted by Gasteiger charge is -2.37. The molecule has 4 rings (SSSR count). The summed E-state index contributed by atoms with van der Waals surface area (Å²) in [5, 5.41) is 0. The van der Waals surface area contributed by atoms with E-state index in [-0.39, 0.29) is 18.1 Å². The summed E-state index contributed by atoms with van der Waals surface area (Å²) in [4.78, 5) is 30.0. The van der Waals surface area contributed by atoms with Gasteiger partial charge in [0.15, 0.2) is 0 Å². The van der Waals surface area contributed by atoms with Gasteiger partial charge in [0.25, 0.3) is 0 Å². The lowest BCUT2D eigenvalue weighted by Crippen LogP contribution is -2.50. The first-order valence-corrected chi connectivity index (χ1v) is 10.3. The Labute approximate surface area is 171 Å². The highest BCUT2D eigenvalue weighted by Gasteiger charge is 2.24. The third-order valence-corrected chi connectivity index (χ3v) is 6.08. The Morgan fingerprint density at radius 1 is 0.897 bits per heavy atom. The largest absolute Gasteiger partial charge is 0.368 e. The number of anilines is 1. The van der Waals surface area contributed by atoms with E-state index in [1.807, 2.05) is 36.1 Å². The van der Waals surface area contributed by atoms with Crippen LogP contribution in [0.15, 0.2) is 47.3 Å². The predicted molar refractivity (Wildman–Crippen MR) is 117 cm³/mol. The van der Waals surface area contributed by atoms with Crippen LogP contribution in [0.3, 0.4) is 0 Å². The fourth-order valence-electron chi connectivity index (χ4n) is 4.24. The number of benzene rings is 2. The molecule has 6 heteroatoms. The van der Waals surface area contributed by atoms with Gasteiger partial charge in [-0.3, -0.25) is 13.9 Å². The molecule has 6 nitrogen and oxygen atoms in total. The van der Waals surface area contributed by atoms with E-state index in [9.17, 15) is 9.59 Å². The van der Waals surface area contributed by atoms with E-state index >= 15 is 0 Å². The summed E-state index contributed by atoms with van der Waals surface area (Å²) >= 11 is 0. The normalized spacial score (nSPS) is 14.6. The predicted octanol–water partition coefficient (Wildman–Crippen LogP) is 2.79. The Kier molecular flexibility index (Phi) is 5.18. The standard InChI is InChI=1S/C23H28N4O2/c1-4-26-20-9-5-6-10-21(20)27(23(26)29)16-22(28)25-14-12-24(13-15-25)19-11-7-8-17(2)18(19)3/h5-11H,4,12-16H2,1-3H3. The summed E-state index contributed by atoms with van der Waals surface area (Å²) in [5.41, 5.74) is 5.42. The molecule has 1 fully saturated rings. The van der Waals surface area contributed by atoms with Gasteiger partial charge < -0.3 is 9.80 Å². The van der Waals surface area contributed by atoms with Gasteiger partial charge in [-0.2, -0.15) is 0 Å². The molecular weight excluding hydrogens is 364 g/mol. The third-order valence-electron chi connectivity index (χ3n) is 6.08. The van der Waals surface area contributed by atoms with Crippen molar-refractivity contribution < 1.29 is 4.79 Å². The number of carbonyl (C=O) groups is 1.